The number of nitrogens with zero attached hydrogens (tertiary/aromatic N) is 1. The Kier molecular flexibility index (Phi) is 4.51. The molecule has 2 amide bonds. The van der Waals surface area contributed by atoms with Gasteiger partial charge in [-0.15, -0.1) is 0 Å². The fourth-order valence-corrected chi connectivity index (χ4v) is 2.81. The van der Waals surface area contributed by atoms with Gasteiger partial charge in [-0.3, -0.25) is 0 Å². The number of rotatable bonds is 2. The minimum atomic E-state index is -1.21. The fraction of sp³-hybridized carbons (Fsp3) is 0.429. The molecule has 2 rings (SSSR count). The van der Waals surface area contributed by atoms with E-state index in [0.29, 0.717) is 18.7 Å². The Labute approximate surface area is 130 Å². The van der Waals surface area contributed by atoms with Crippen molar-refractivity contribution in [1.29, 1.82) is 0 Å². The van der Waals surface area contributed by atoms with Crippen molar-refractivity contribution in [2.45, 2.75) is 31.7 Å². The van der Waals surface area contributed by atoms with E-state index >= 15 is 0 Å². The van der Waals surface area contributed by atoms with Gasteiger partial charge in [-0.05, 0) is 60.3 Å². The number of hydrogen-bond donors (Lipinski definition) is 2. The van der Waals surface area contributed by atoms with Crippen molar-refractivity contribution in [3.8, 4) is 0 Å². The first kappa shape index (κ1) is 15.8. The van der Waals surface area contributed by atoms with Crippen molar-refractivity contribution in [3.63, 3.8) is 0 Å². The molecule has 1 aliphatic rings. The van der Waals surface area contributed by atoms with Crippen LogP contribution in [0.4, 0.5) is 14.9 Å². The predicted octanol–water partition coefficient (Wildman–Crippen LogP) is 3.45. The minimum Gasteiger partial charge on any atom is -0.480 e. The summed E-state index contributed by atoms with van der Waals surface area (Å²) in [5, 5.41) is 12.0. The molecule has 1 aromatic rings. The number of likely N-dealkylation sites (tertiary alicyclic amines) is 1. The number of aliphatic carboxylic acids is 1. The molecule has 1 heterocycles. The Morgan fingerprint density at radius 2 is 2.14 bits per heavy atom. The number of piperidine rings is 1. The molecule has 1 aromatic carbocycles. The number of anilines is 1. The van der Waals surface area contributed by atoms with E-state index in [1.54, 1.807) is 6.92 Å². The van der Waals surface area contributed by atoms with E-state index in [1.165, 1.54) is 23.1 Å². The number of benzene rings is 1. The number of urea groups is 1. The number of carbonyl (C=O) groups excluding carboxylic acids is 1. The number of nitrogens with one attached hydrogen (secondary N) is 1. The van der Waals surface area contributed by atoms with Gasteiger partial charge < -0.3 is 15.3 Å². The van der Waals surface area contributed by atoms with Crippen LogP contribution in [0, 0.1) is 5.82 Å². The largest absolute Gasteiger partial charge is 0.480 e. The Hall–Kier alpha value is -1.63. The monoisotopic (exact) mass is 358 g/mol. The van der Waals surface area contributed by atoms with Crippen LogP contribution in [0.25, 0.3) is 0 Å². The first-order valence-electron chi connectivity index (χ1n) is 6.61. The highest BCUT2D eigenvalue weighted by molar-refractivity contribution is 9.10. The summed E-state index contributed by atoms with van der Waals surface area (Å²) >= 11 is 3.04. The summed E-state index contributed by atoms with van der Waals surface area (Å²) < 4.78 is 13.4. The van der Waals surface area contributed by atoms with Gasteiger partial charge in [0.25, 0.3) is 0 Å². The third kappa shape index (κ3) is 3.18. The number of hydrogen-bond acceptors (Lipinski definition) is 2. The highest BCUT2D eigenvalue weighted by Gasteiger charge is 2.44. The number of carbonyl (C=O) groups is 2. The molecular weight excluding hydrogens is 343 g/mol. The third-order valence-corrected chi connectivity index (χ3v) is 4.38. The van der Waals surface area contributed by atoms with E-state index in [4.69, 9.17) is 0 Å². The van der Waals surface area contributed by atoms with Crippen LogP contribution in [-0.4, -0.2) is 34.1 Å². The van der Waals surface area contributed by atoms with E-state index in [-0.39, 0.29) is 4.47 Å². The molecule has 5 nitrogen and oxygen atoms in total. The van der Waals surface area contributed by atoms with Crippen LogP contribution in [0.3, 0.4) is 0 Å². The summed E-state index contributed by atoms with van der Waals surface area (Å²) in [7, 11) is 0. The zero-order valence-corrected chi connectivity index (χ0v) is 13.1. The molecule has 0 bridgehead atoms. The molecular formula is C14H16BrFN2O3. The molecule has 1 fully saturated rings. The summed E-state index contributed by atoms with van der Waals surface area (Å²) in [5.41, 5.74) is -0.800. The summed E-state index contributed by atoms with van der Waals surface area (Å²) in [6.45, 7) is 1.94. The predicted molar refractivity (Wildman–Crippen MR) is 79.7 cm³/mol. The van der Waals surface area contributed by atoms with Gasteiger partial charge in [-0.2, -0.15) is 0 Å². The van der Waals surface area contributed by atoms with Crippen LogP contribution >= 0.6 is 15.9 Å². The van der Waals surface area contributed by atoms with Crippen LogP contribution in [-0.2, 0) is 4.79 Å². The Morgan fingerprint density at radius 3 is 2.76 bits per heavy atom. The molecule has 1 atom stereocenters. The first-order valence-corrected chi connectivity index (χ1v) is 7.41. The summed E-state index contributed by atoms with van der Waals surface area (Å²) in [6.07, 6.45) is 1.96. The van der Waals surface area contributed by atoms with E-state index < -0.39 is 23.4 Å². The lowest BCUT2D eigenvalue weighted by Crippen LogP contribution is -2.58. The van der Waals surface area contributed by atoms with Crippen LogP contribution in [0.1, 0.15) is 26.2 Å². The lowest BCUT2D eigenvalue weighted by Gasteiger charge is -2.41. The second-order valence-electron chi connectivity index (χ2n) is 5.25. The van der Waals surface area contributed by atoms with E-state index in [0.717, 1.165) is 12.8 Å². The van der Waals surface area contributed by atoms with Gasteiger partial charge in [0.15, 0.2) is 0 Å². The molecule has 1 aliphatic heterocycles. The number of halogens is 2. The molecule has 0 aliphatic carbocycles. The summed E-state index contributed by atoms with van der Waals surface area (Å²) in [4.78, 5) is 25.1. The highest BCUT2D eigenvalue weighted by atomic mass is 79.9. The number of amides is 2. The minimum absolute atomic E-state index is 0.236. The zero-order chi connectivity index (χ0) is 15.6. The van der Waals surface area contributed by atoms with Gasteiger partial charge >= 0.3 is 12.0 Å². The van der Waals surface area contributed by atoms with E-state index in [1.807, 2.05) is 0 Å². The molecule has 1 unspecified atom stereocenters. The smallest absolute Gasteiger partial charge is 0.329 e. The lowest BCUT2D eigenvalue weighted by molar-refractivity contribution is -0.150. The van der Waals surface area contributed by atoms with Gasteiger partial charge in [0.1, 0.15) is 11.4 Å². The second-order valence-corrected chi connectivity index (χ2v) is 6.10. The molecule has 114 valence electrons. The number of carboxylic acid groups (broad SMARTS) is 1. The van der Waals surface area contributed by atoms with Crippen LogP contribution in [0.2, 0.25) is 0 Å². The fourth-order valence-electron chi connectivity index (χ4n) is 2.43. The maximum absolute atomic E-state index is 13.2. The van der Waals surface area contributed by atoms with E-state index in [2.05, 4.69) is 21.2 Å². The van der Waals surface area contributed by atoms with Crippen molar-refractivity contribution in [3.05, 3.63) is 28.5 Å². The SMILES string of the molecule is CC1(C(=O)O)CCCCN1C(=O)Nc1ccc(F)c(Br)c1. The topological polar surface area (TPSA) is 69.6 Å². The van der Waals surface area contributed by atoms with Gasteiger partial charge in [0.2, 0.25) is 0 Å². The van der Waals surface area contributed by atoms with Gasteiger partial charge in [-0.1, -0.05) is 0 Å². The van der Waals surface area contributed by atoms with Crippen molar-refractivity contribution in [2.75, 3.05) is 11.9 Å². The standard InChI is InChI=1S/C14H16BrFN2O3/c1-14(12(19)20)6-2-3-7-18(14)13(21)17-9-4-5-11(16)10(15)8-9/h4-5,8H,2-3,6-7H2,1H3,(H,17,21)(H,19,20). The molecule has 7 heteroatoms. The lowest BCUT2D eigenvalue weighted by atomic mass is 9.89. The Morgan fingerprint density at radius 1 is 1.43 bits per heavy atom. The van der Waals surface area contributed by atoms with Gasteiger partial charge in [-0.25, -0.2) is 14.0 Å². The van der Waals surface area contributed by atoms with Crippen LogP contribution < -0.4 is 5.32 Å². The van der Waals surface area contributed by atoms with Crippen molar-refractivity contribution >= 4 is 33.6 Å². The van der Waals surface area contributed by atoms with E-state index in [9.17, 15) is 19.1 Å². The molecule has 0 spiro atoms. The van der Waals surface area contributed by atoms with Crippen LogP contribution in [0.15, 0.2) is 22.7 Å². The van der Waals surface area contributed by atoms with Crippen molar-refractivity contribution in [2.24, 2.45) is 0 Å². The van der Waals surface area contributed by atoms with Crippen molar-refractivity contribution < 1.29 is 19.1 Å². The molecule has 21 heavy (non-hydrogen) atoms. The number of carboxylic acids is 1. The average Bonchev–Trinajstić information content (AvgIpc) is 2.43. The average molecular weight is 359 g/mol. The molecule has 2 N–H and O–H groups in total. The molecule has 0 radical (unpaired) electrons. The Balaban J connectivity index is 2.18. The summed E-state index contributed by atoms with van der Waals surface area (Å²) in [5.74, 6) is -1.45. The zero-order valence-electron chi connectivity index (χ0n) is 11.5. The quantitative estimate of drug-likeness (QED) is 0.850. The van der Waals surface area contributed by atoms with Crippen LogP contribution in [0.5, 0.6) is 0 Å². The molecule has 0 saturated carbocycles. The normalized spacial score (nSPS) is 22.0. The van der Waals surface area contributed by atoms with Gasteiger partial charge in [0, 0.05) is 12.2 Å². The van der Waals surface area contributed by atoms with Gasteiger partial charge in [0.05, 0.1) is 4.47 Å². The maximum atomic E-state index is 13.2. The maximum Gasteiger partial charge on any atom is 0.329 e. The van der Waals surface area contributed by atoms with Crippen molar-refractivity contribution in [1.82, 2.24) is 4.90 Å². The Bertz CT molecular complexity index is 581. The molecule has 0 aromatic heterocycles. The molecule has 1 saturated heterocycles. The third-order valence-electron chi connectivity index (χ3n) is 3.77. The second kappa shape index (κ2) is 6.01. The first-order chi connectivity index (χ1) is 9.84. The summed E-state index contributed by atoms with van der Waals surface area (Å²) in [6, 6.07) is 3.61. The highest BCUT2D eigenvalue weighted by Crippen LogP contribution is 2.29.